The van der Waals surface area contributed by atoms with E-state index in [4.69, 9.17) is 10.5 Å². The van der Waals surface area contributed by atoms with Gasteiger partial charge in [0.05, 0.1) is 0 Å². The largest absolute Gasteiger partial charge is 0.444 e. The zero-order chi connectivity index (χ0) is 16.5. The molecule has 22 heavy (non-hydrogen) atoms. The van der Waals surface area contributed by atoms with E-state index in [-0.39, 0.29) is 12.1 Å². The van der Waals surface area contributed by atoms with Crippen LogP contribution in [0, 0.1) is 13.8 Å². The van der Waals surface area contributed by atoms with Gasteiger partial charge in [0, 0.05) is 25.0 Å². The topological polar surface area (TPSA) is 55.6 Å². The maximum Gasteiger partial charge on any atom is 0.410 e. The highest BCUT2D eigenvalue weighted by Gasteiger charge is 2.32. The summed E-state index contributed by atoms with van der Waals surface area (Å²) in [4.78, 5) is 13.9. The minimum absolute atomic E-state index is 0.0539. The molecule has 0 aliphatic carbocycles. The van der Waals surface area contributed by atoms with Gasteiger partial charge in [-0.3, -0.25) is 0 Å². The van der Waals surface area contributed by atoms with Crippen molar-refractivity contribution in [2.45, 2.75) is 58.6 Å². The van der Waals surface area contributed by atoms with Crippen LogP contribution in [-0.4, -0.2) is 35.7 Å². The Morgan fingerprint density at radius 3 is 2.59 bits per heavy atom. The maximum absolute atomic E-state index is 12.2. The lowest BCUT2D eigenvalue weighted by molar-refractivity contribution is 0.0186. The van der Waals surface area contributed by atoms with Crippen molar-refractivity contribution in [3.8, 4) is 0 Å². The van der Waals surface area contributed by atoms with Gasteiger partial charge in [0.15, 0.2) is 0 Å². The highest BCUT2D eigenvalue weighted by atomic mass is 16.6. The molecule has 1 fully saturated rings. The number of carbonyl (C=O) groups excluding carboxylic acids is 1. The molecule has 1 aliphatic heterocycles. The first-order chi connectivity index (χ1) is 10.2. The number of nitrogens with zero attached hydrogens (tertiary/aromatic N) is 1. The molecule has 122 valence electrons. The van der Waals surface area contributed by atoms with Crippen molar-refractivity contribution in [2.24, 2.45) is 5.73 Å². The van der Waals surface area contributed by atoms with E-state index in [0.717, 1.165) is 6.42 Å². The number of likely N-dealkylation sites (tertiary alicyclic amines) is 1. The van der Waals surface area contributed by atoms with E-state index in [1.807, 2.05) is 20.8 Å². The Balaban J connectivity index is 2.07. The van der Waals surface area contributed by atoms with Crippen molar-refractivity contribution in [3.63, 3.8) is 0 Å². The Morgan fingerprint density at radius 1 is 1.32 bits per heavy atom. The molecule has 0 bridgehead atoms. The fourth-order valence-corrected chi connectivity index (χ4v) is 3.04. The Labute approximate surface area is 133 Å². The molecule has 0 spiro atoms. The summed E-state index contributed by atoms with van der Waals surface area (Å²) in [6.45, 7) is 11.2. The Hall–Kier alpha value is -1.55. The van der Waals surface area contributed by atoms with E-state index < -0.39 is 5.60 Å². The predicted octanol–water partition coefficient (Wildman–Crippen LogP) is 3.36. The minimum atomic E-state index is -0.467. The van der Waals surface area contributed by atoms with Gasteiger partial charge in [0.25, 0.3) is 0 Å². The maximum atomic E-state index is 12.2. The zero-order valence-corrected chi connectivity index (χ0v) is 14.3. The molecule has 2 N–H and O–H groups in total. The molecule has 0 saturated carbocycles. The van der Waals surface area contributed by atoms with E-state index >= 15 is 0 Å². The molecule has 2 rings (SSSR count). The zero-order valence-electron chi connectivity index (χ0n) is 14.3. The molecule has 4 nitrogen and oxygen atoms in total. The second-order valence-electron chi connectivity index (χ2n) is 7.27. The van der Waals surface area contributed by atoms with Gasteiger partial charge in [-0.1, -0.05) is 18.2 Å². The van der Waals surface area contributed by atoms with E-state index in [1.165, 1.54) is 16.7 Å². The summed E-state index contributed by atoms with van der Waals surface area (Å²) in [5.41, 5.74) is 9.83. The summed E-state index contributed by atoms with van der Waals surface area (Å²) in [5.74, 6) is 0.304. The molecule has 2 atom stereocenters. The third-order valence-electron chi connectivity index (χ3n) is 4.36. The number of piperidine rings is 1. The number of hydrogen-bond donors (Lipinski definition) is 1. The molecule has 4 heteroatoms. The van der Waals surface area contributed by atoms with Crippen LogP contribution in [0.5, 0.6) is 0 Å². The minimum Gasteiger partial charge on any atom is -0.444 e. The van der Waals surface area contributed by atoms with Crippen LogP contribution >= 0.6 is 0 Å². The van der Waals surface area contributed by atoms with Crippen molar-refractivity contribution in [3.05, 3.63) is 34.9 Å². The summed E-state index contributed by atoms with van der Waals surface area (Å²) < 4.78 is 5.44. The van der Waals surface area contributed by atoms with Crippen molar-refractivity contribution in [1.82, 2.24) is 4.90 Å². The number of amides is 1. The number of carbonyl (C=O) groups is 1. The highest BCUT2D eigenvalue weighted by Crippen LogP contribution is 2.31. The van der Waals surface area contributed by atoms with E-state index in [0.29, 0.717) is 19.0 Å². The summed E-state index contributed by atoms with van der Waals surface area (Å²) in [7, 11) is 0. The van der Waals surface area contributed by atoms with E-state index in [9.17, 15) is 4.79 Å². The van der Waals surface area contributed by atoms with Crippen LogP contribution < -0.4 is 5.73 Å². The Kier molecular flexibility index (Phi) is 4.81. The summed E-state index contributed by atoms with van der Waals surface area (Å²) >= 11 is 0. The molecule has 0 radical (unpaired) electrons. The fraction of sp³-hybridized carbons (Fsp3) is 0.611. The first kappa shape index (κ1) is 16.8. The number of benzene rings is 1. The van der Waals surface area contributed by atoms with Crippen LogP contribution in [0.4, 0.5) is 4.79 Å². The van der Waals surface area contributed by atoms with Gasteiger partial charge in [-0.05, 0) is 57.7 Å². The number of aryl methyl sites for hydroxylation is 1. The molecule has 1 saturated heterocycles. The molecule has 1 amide bonds. The number of hydrogen-bond acceptors (Lipinski definition) is 3. The van der Waals surface area contributed by atoms with E-state index in [2.05, 4.69) is 32.0 Å². The molecule has 0 aromatic heterocycles. The predicted molar refractivity (Wildman–Crippen MR) is 89.1 cm³/mol. The quantitative estimate of drug-likeness (QED) is 0.865. The second-order valence-corrected chi connectivity index (χ2v) is 7.27. The first-order valence-corrected chi connectivity index (χ1v) is 7.98. The third kappa shape index (κ3) is 3.80. The van der Waals surface area contributed by atoms with Gasteiger partial charge >= 0.3 is 6.09 Å². The normalized spacial score (nSPS) is 22.5. The fourth-order valence-electron chi connectivity index (χ4n) is 3.04. The van der Waals surface area contributed by atoms with Gasteiger partial charge in [0.1, 0.15) is 5.60 Å². The van der Waals surface area contributed by atoms with Crippen LogP contribution in [-0.2, 0) is 4.74 Å². The monoisotopic (exact) mass is 304 g/mol. The summed E-state index contributed by atoms with van der Waals surface area (Å²) in [6, 6.07) is 6.32. The van der Waals surface area contributed by atoms with E-state index in [1.54, 1.807) is 4.90 Å². The lowest BCUT2D eigenvalue weighted by Crippen LogP contribution is -2.50. The average Bonchev–Trinajstić information content (AvgIpc) is 2.40. The van der Waals surface area contributed by atoms with Crippen molar-refractivity contribution in [1.29, 1.82) is 0 Å². The van der Waals surface area contributed by atoms with Crippen molar-refractivity contribution >= 4 is 6.09 Å². The van der Waals surface area contributed by atoms with Gasteiger partial charge in [0.2, 0.25) is 0 Å². The molecule has 1 aromatic carbocycles. The van der Waals surface area contributed by atoms with Gasteiger partial charge in [-0.25, -0.2) is 4.79 Å². The average molecular weight is 304 g/mol. The smallest absolute Gasteiger partial charge is 0.410 e. The van der Waals surface area contributed by atoms with Gasteiger partial charge in [-0.15, -0.1) is 0 Å². The molecular weight excluding hydrogens is 276 g/mol. The van der Waals surface area contributed by atoms with Crippen molar-refractivity contribution < 1.29 is 9.53 Å². The molecule has 1 aliphatic rings. The van der Waals surface area contributed by atoms with Gasteiger partial charge < -0.3 is 15.4 Å². The van der Waals surface area contributed by atoms with Gasteiger partial charge in [-0.2, -0.15) is 0 Å². The van der Waals surface area contributed by atoms with Crippen LogP contribution in [0.25, 0.3) is 0 Å². The summed E-state index contributed by atoms with van der Waals surface area (Å²) in [5, 5.41) is 0. The SMILES string of the molecule is Cc1cccc(C2CCN(C(=O)OC(C)(C)C)CC2N)c1C. The van der Waals surface area contributed by atoms with Crippen LogP contribution in [0.3, 0.4) is 0 Å². The van der Waals surface area contributed by atoms with Crippen molar-refractivity contribution in [2.75, 3.05) is 13.1 Å². The number of rotatable bonds is 1. The Bertz CT molecular complexity index is 549. The number of ether oxygens (including phenoxy) is 1. The standard InChI is InChI=1S/C18H28N2O2/c1-12-7-6-8-14(13(12)2)15-9-10-20(11-16(15)19)17(21)22-18(3,4)5/h6-8,15-16H,9-11,19H2,1-5H3. The molecule has 1 heterocycles. The molecule has 1 aromatic rings. The summed E-state index contributed by atoms with van der Waals surface area (Å²) in [6.07, 6.45) is 0.618. The second kappa shape index (κ2) is 6.29. The lowest BCUT2D eigenvalue weighted by Gasteiger charge is -2.38. The first-order valence-electron chi connectivity index (χ1n) is 7.98. The third-order valence-corrected chi connectivity index (χ3v) is 4.36. The molecule has 2 unspecified atom stereocenters. The van der Waals surface area contributed by atoms with Crippen LogP contribution in [0.1, 0.15) is 49.8 Å². The van der Waals surface area contributed by atoms with Crippen LogP contribution in [0.15, 0.2) is 18.2 Å². The molecular formula is C18H28N2O2. The number of nitrogens with two attached hydrogens (primary N) is 1. The Morgan fingerprint density at radius 2 is 2.00 bits per heavy atom. The lowest BCUT2D eigenvalue weighted by atomic mass is 9.82. The van der Waals surface area contributed by atoms with Crippen LogP contribution in [0.2, 0.25) is 0 Å². The highest BCUT2D eigenvalue weighted by molar-refractivity contribution is 5.68.